The van der Waals surface area contributed by atoms with Crippen LogP contribution in [0.3, 0.4) is 0 Å². The predicted octanol–water partition coefficient (Wildman–Crippen LogP) is -4.38. The second-order valence-corrected chi connectivity index (χ2v) is 1.53. The minimum Gasteiger partial charge on any atom is -0.545 e. The summed E-state index contributed by atoms with van der Waals surface area (Å²) in [5.74, 6) is -1.19. The Morgan fingerprint density at radius 1 is 1.55 bits per heavy atom. The van der Waals surface area contributed by atoms with Gasteiger partial charge in [0.15, 0.2) is 0 Å². The van der Waals surface area contributed by atoms with Gasteiger partial charge in [0.1, 0.15) is 0 Å². The molecule has 2 N–H and O–H groups in total. The molecule has 4 nitrogen and oxygen atoms in total. The third kappa shape index (κ3) is 4.62. The van der Waals surface area contributed by atoms with Crippen LogP contribution in [-0.2, 0) is 0 Å². The van der Waals surface area contributed by atoms with Crippen LogP contribution in [-0.4, -0.2) is 16.4 Å². The molecule has 0 fully saturated rings. The number of hydrogen-bond acceptors (Lipinski definition) is 3. The summed E-state index contributed by atoms with van der Waals surface area (Å²) in [7, 11) is 0. The number of aromatic nitrogens is 1. The minimum absolute atomic E-state index is 0. The van der Waals surface area contributed by atoms with Gasteiger partial charge >= 0.3 is 51.4 Å². The second-order valence-electron chi connectivity index (χ2n) is 1.53. The third-order valence-corrected chi connectivity index (χ3v) is 0.897. The Morgan fingerprint density at radius 3 is 2.45 bits per heavy atom. The Morgan fingerprint density at radius 2 is 2.18 bits per heavy atom. The molecule has 11 heavy (non-hydrogen) atoms. The van der Waals surface area contributed by atoms with Crippen molar-refractivity contribution in [1.29, 1.82) is 0 Å². The van der Waals surface area contributed by atoms with Crippen LogP contribution >= 0.6 is 0 Å². The first-order valence-corrected chi connectivity index (χ1v) is 2.42. The second kappa shape index (κ2) is 6.90. The first-order valence-electron chi connectivity index (χ1n) is 2.42. The van der Waals surface area contributed by atoms with Crippen LogP contribution < -0.4 is 56.5 Å². The van der Waals surface area contributed by atoms with Crippen molar-refractivity contribution < 1.29 is 66.8 Å². The largest absolute Gasteiger partial charge is 1.00 e. The molecule has 0 spiro atoms. The molecule has 0 atom stereocenters. The van der Waals surface area contributed by atoms with Gasteiger partial charge in [0.25, 0.3) is 0 Å². The molecule has 0 amide bonds. The summed E-state index contributed by atoms with van der Waals surface area (Å²) in [5, 5.41) is 10.0. The van der Waals surface area contributed by atoms with Gasteiger partial charge < -0.3 is 15.4 Å². The molecule has 5 heteroatoms. The topological polar surface area (TPSA) is 84.5 Å². The van der Waals surface area contributed by atoms with Gasteiger partial charge in [-0.05, 0) is 6.07 Å². The molecule has 1 aromatic heterocycles. The molecule has 54 valence electrons. The van der Waals surface area contributed by atoms with Crippen molar-refractivity contribution in [1.82, 2.24) is 4.98 Å². The number of rotatable bonds is 1. The number of carboxylic acid groups (broad SMARTS) is 1. The zero-order valence-corrected chi connectivity index (χ0v) is 9.20. The quantitative estimate of drug-likeness (QED) is 0.408. The number of carbonyl (C=O) groups is 1. The molecule has 0 aromatic carbocycles. The van der Waals surface area contributed by atoms with Gasteiger partial charge in [0.05, 0.1) is 5.97 Å². The summed E-state index contributed by atoms with van der Waals surface area (Å²) in [6, 6.07) is 2.98. The molecule has 0 bridgehead atoms. The van der Waals surface area contributed by atoms with E-state index in [1.54, 1.807) is 6.07 Å². The maximum atomic E-state index is 10.0. The average molecular weight is 179 g/mol. The van der Waals surface area contributed by atoms with E-state index in [4.69, 9.17) is 0 Å². The van der Waals surface area contributed by atoms with Crippen LogP contribution in [0.1, 0.15) is 10.4 Å². The summed E-state index contributed by atoms with van der Waals surface area (Å²) >= 11 is 0. The zero-order chi connectivity index (χ0) is 6.69. The fraction of sp³-hybridized carbons (Fsp3) is 0. The molecule has 0 unspecified atom stereocenters. The Labute approximate surface area is 106 Å². The molecule has 1 rings (SSSR count). The van der Waals surface area contributed by atoms with Crippen LogP contribution in [0.4, 0.5) is 0 Å². The van der Waals surface area contributed by atoms with E-state index in [-0.39, 0.29) is 62.4 Å². The van der Waals surface area contributed by atoms with Crippen molar-refractivity contribution in [2.24, 2.45) is 0 Å². The van der Waals surface area contributed by atoms with Crippen LogP contribution in [0.5, 0.6) is 0 Å². The number of nitrogens with zero attached hydrogens (tertiary/aromatic N) is 1. The van der Waals surface area contributed by atoms with Gasteiger partial charge in [-0.25, -0.2) is 0 Å². The van der Waals surface area contributed by atoms with Crippen molar-refractivity contribution in [3.05, 3.63) is 30.1 Å². The van der Waals surface area contributed by atoms with Crippen molar-refractivity contribution in [2.75, 3.05) is 0 Å². The van der Waals surface area contributed by atoms with Gasteiger partial charge in [0.2, 0.25) is 0 Å². The molecule has 0 saturated carbocycles. The zero-order valence-electron chi connectivity index (χ0n) is 6.07. The number of carbonyl (C=O) groups excluding carboxylic acids is 1. The van der Waals surface area contributed by atoms with Gasteiger partial charge in [-0.15, -0.1) is 0 Å². The van der Waals surface area contributed by atoms with Crippen molar-refractivity contribution in [3.63, 3.8) is 0 Å². The Hall–Kier alpha value is 0.216. The molecule has 0 aliphatic rings. The van der Waals surface area contributed by atoms with Crippen molar-refractivity contribution in [2.45, 2.75) is 0 Å². The molecular weight excluding hydrogens is 173 g/mol. The average Bonchev–Trinajstić information content (AvgIpc) is 1.90. The normalized spacial score (nSPS) is 7.27. The fourth-order valence-electron chi connectivity index (χ4n) is 0.484. The van der Waals surface area contributed by atoms with E-state index in [2.05, 4.69) is 4.98 Å². The maximum Gasteiger partial charge on any atom is 1.00 e. The number of pyridine rings is 1. The first-order chi connectivity index (χ1) is 4.30. The van der Waals surface area contributed by atoms with Crippen LogP contribution in [0.25, 0.3) is 0 Å². The SMILES string of the molecule is O.O=C([O-])c1cccnc1.[K+]. The monoisotopic (exact) mass is 179 g/mol. The van der Waals surface area contributed by atoms with E-state index in [9.17, 15) is 9.90 Å². The molecule has 0 radical (unpaired) electrons. The molecule has 0 saturated heterocycles. The predicted molar refractivity (Wildman–Crippen MR) is 32.2 cm³/mol. The number of carboxylic acids is 1. The maximum absolute atomic E-state index is 10.0. The van der Waals surface area contributed by atoms with Gasteiger partial charge in [-0.1, -0.05) is 6.07 Å². The van der Waals surface area contributed by atoms with E-state index in [0.717, 1.165) is 0 Å². The smallest absolute Gasteiger partial charge is 0.545 e. The number of aromatic carboxylic acids is 1. The van der Waals surface area contributed by atoms with Crippen LogP contribution in [0.15, 0.2) is 24.5 Å². The summed E-state index contributed by atoms with van der Waals surface area (Å²) in [6.45, 7) is 0. The van der Waals surface area contributed by atoms with Crippen molar-refractivity contribution >= 4 is 5.97 Å². The Balaban J connectivity index is 0. The minimum atomic E-state index is -1.19. The molecule has 1 heterocycles. The summed E-state index contributed by atoms with van der Waals surface area (Å²) in [6.07, 6.45) is 2.75. The number of hydrogen-bond donors (Lipinski definition) is 0. The van der Waals surface area contributed by atoms with E-state index in [0.29, 0.717) is 0 Å². The summed E-state index contributed by atoms with van der Waals surface area (Å²) in [4.78, 5) is 13.6. The van der Waals surface area contributed by atoms with E-state index < -0.39 is 5.97 Å². The van der Waals surface area contributed by atoms with E-state index in [1.807, 2.05) is 0 Å². The van der Waals surface area contributed by atoms with Gasteiger partial charge in [-0.2, -0.15) is 0 Å². The summed E-state index contributed by atoms with van der Waals surface area (Å²) in [5.41, 5.74) is 0.109. The van der Waals surface area contributed by atoms with E-state index >= 15 is 0 Å². The summed E-state index contributed by atoms with van der Waals surface area (Å²) < 4.78 is 0. The van der Waals surface area contributed by atoms with Crippen LogP contribution in [0, 0.1) is 0 Å². The standard InChI is InChI=1S/C6H5NO2.K.H2O/c8-6(9)5-2-1-3-7-4-5;;/h1-4H,(H,8,9);;1H2/q;+1;/p-1. The molecule has 1 aromatic rings. The molecule has 0 aliphatic heterocycles. The molecular formula is C6H6KNO3. The van der Waals surface area contributed by atoms with Crippen LogP contribution in [0.2, 0.25) is 0 Å². The van der Waals surface area contributed by atoms with Gasteiger partial charge in [0, 0.05) is 18.0 Å². The van der Waals surface area contributed by atoms with Crippen molar-refractivity contribution in [3.8, 4) is 0 Å². The first kappa shape index (κ1) is 13.8. The Kier molecular flexibility index (Phi) is 8.64. The van der Waals surface area contributed by atoms with Gasteiger partial charge in [-0.3, -0.25) is 4.98 Å². The fourth-order valence-corrected chi connectivity index (χ4v) is 0.484. The third-order valence-electron chi connectivity index (χ3n) is 0.897. The van der Waals surface area contributed by atoms with E-state index in [1.165, 1.54) is 18.5 Å². The molecule has 0 aliphatic carbocycles. The Bertz CT molecular complexity index is 214.